The van der Waals surface area contributed by atoms with Crippen LogP contribution in [0, 0.1) is 5.92 Å². The van der Waals surface area contributed by atoms with E-state index in [0.29, 0.717) is 26.2 Å². The second-order valence-electron chi connectivity index (χ2n) is 3.68. The van der Waals surface area contributed by atoms with Gasteiger partial charge in [0.15, 0.2) is 0 Å². The minimum atomic E-state index is -0.0938. The van der Waals surface area contributed by atoms with Crippen LogP contribution in [0.5, 0.6) is 0 Å². The summed E-state index contributed by atoms with van der Waals surface area (Å²) in [6.07, 6.45) is 0.602. The standard InChI is InChI=1S/C10H20N2O3/c1-2-11-9-7-15-6-8(9)10(14)12-4-3-5-13/h8-9,11,13H,2-7H2,1H3,(H,12,14). The highest BCUT2D eigenvalue weighted by atomic mass is 16.5. The number of aliphatic hydroxyl groups excluding tert-OH is 1. The summed E-state index contributed by atoms with van der Waals surface area (Å²) in [6, 6.07) is 0.129. The molecular formula is C10H20N2O3. The largest absolute Gasteiger partial charge is 0.396 e. The molecule has 5 heteroatoms. The molecule has 0 aliphatic carbocycles. The maximum Gasteiger partial charge on any atom is 0.227 e. The average Bonchev–Trinajstić information content (AvgIpc) is 2.67. The Labute approximate surface area is 90.2 Å². The van der Waals surface area contributed by atoms with Gasteiger partial charge < -0.3 is 20.5 Å². The van der Waals surface area contributed by atoms with Crippen LogP contribution in [-0.4, -0.2) is 50.0 Å². The van der Waals surface area contributed by atoms with E-state index < -0.39 is 0 Å². The van der Waals surface area contributed by atoms with Gasteiger partial charge in [-0.2, -0.15) is 0 Å². The van der Waals surface area contributed by atoms with Gasteiger partial charge in [0.1, 0.15) is 0 Å². The number of likely N-dealkylation sites (N-methyl/N-ethyl adjacent to an activating group) is 1. The van der Waals surface area contributed by atoms with Gasteiger partial charge in [-0.1, -0.05) is 6.92 Å². The fraction of sp³-hybridized carbons (Fsp3) is 0.900. The zero-order valence-corrected chi connectivity index (χ0v) is 9.16. The molecule has 0 saturated carbocycles. The number of carbonyl (C=O) groups is 1. The number of hydrogen-bond donors (Lipinski definition) is 3. The zero-order valence-electron chi connectivity index (χ0n) is 9.16. The van der Waals surface area contributed by atoms with Gasteiger partial charge >= 0.3 is 0 Å². The van der Waals surface area contributed by atoms with Crippen LogP contribution in [0.4, 0.5) is 0 Å². The monoisotopic (exact) mass is 216 g/mol. The maximum absolute atomic E-state index is 11.7. The summed E-state index contributed by atoms with van der Waals surface area (Å²) in [7, 11) is 0. The smallest absolute Gasteiger partial charge is 0.227 e. The van der Waals surface area contributed by atoms with E-state index in [4.69, 9.17) is 9.84 Å². The first-order valence-electron chi connectivity index (χ1n) is 5.49. The molecule has 5 nitrogen and oxygen atoms in total. The Morgan fingerprint density at radius 1 is 1.53 bits per heavy atom. The summed E-state index contributed by atoms with van der Waals surface area (Å²) >= 11 is 0. The van der Waals surface area contributed by atoms with Crippen molar-refractivity contribution in [1.82, 2.24) is 10.6 Å². The van der Waals surface area contributed by atoms with Gasteiger partial charge in [0, 0.05) is 19.2 Å². The molecular weight excluding hydrogens is 196 g/mol. The van der Waals surface area contributed by atoms with Crippen LogP contribution in [-0.2, 0) is 9.53 Å². The van der Waals surface area contributed by atoms with Crippen molar-refractivity contribution in [3.05, 3.63) is 0 Å². The highest BCUT2D eigenvalue weighted by Gasteiger charge is 2.32. The first-order chi connectivity index (χ1) is 7.29. The van der Waals surface area contributed by atoms with Crippen LogP contribution in [0.15, 0.2) is 0 Å². The van der Waals surface area contributed by atoms with Crippen LogP contribution in [0.3, 0.4) is 0 Å². The number of rotatable bonds is 6. The highest BCUT2D eigenvalue weighted by molar-refractivity contribution is 5.79. The number of carbonyl (C=O) groups excluding carboxylic acids is 1. The van der Waals surface area contributed by atoms with Crippen LogP contribution in [0.25, 0.3) is 0 Å². The second kappa shape index (κ2) is 6.76. The van der Waals surface area contributed by atoms with E-state index in [1.165, 1.54) is 0 Å². The molecule has 1 amide bonds. The van der Waals surface area contributed by atoms with Gasteiger partial charge in [0.05, 0.1) is 19.1 Å². The molecule has 1 heterocycles. The Bertz CT molecular complexity index is 199. The lowest BCUT2D eigenvalue weighted by atomic mass is 10.0. The molecule has 0 aromatic carbocycles. The number of amides is 1. The third-order valence-corrected chi connectivity index (χ3v) is 2.52. The summed E-state index contributed by atoms with van der Waals surface area (Å²) in [5.41, 5.74) is 0. The van der Waals surface area contributed by atoms with Crippen molar-refractivity contribution in [1.29, 1.82) is 0 Å². The second-order valence-corrected chi connectivity index (χ2v) is 3.68. The van der Waals surface area contributed by atoms with Crippen molar-refractivity contribution in [2.45, 2.75) is 19.4 Å². The van der Waals surface area contributed by atoms with Gasteiger partial charge in [-0.25, -0.2) is 0 Å². The SMILES string of the molecule is CCNC1COCC1C(=O)NCCCO. The lowest BCUT2D eigenvalue weighted by molar-refractivity contribution is -0.125. The highest BCUT2D eigenvalue weighted by Crippen LogP contribution is 2.13. The van der Waals surface area contributed by atoms with E-state index in [9.17, 15) is 4.79 Å². The van der Waals surface area contributed by atoms with Gasteiger partial charge in [-0.15, -0.1) is 0 Å². The van der Waals surface area contributed by atoms with E-state index >= 15 is 0 Å². The Balaban J connectivity index is 2.30. The molecule has 15 heavy (non-hydrogen) atoms. The average molecular weight is 216 g/mol. The van der Waals surface area contributed by atoms with Crippen molar-refractivity contribution >= 4 is 5.91 Å². The van der Waals surface area contributed by atoms with Crippen molar-refractivity contribution in [3.8, 4) is 0 Å². The van der Waals surface area contributed by atoms with Gasteiger partial charge in [-0.3, -0.25) is 4.79 Å². The predicted octanol–water partition coefficient (Wildman–Crippen LogP) is -0.890. The van der Waals surface area contributed by atoms with Crippen molar-refractivity contribution in [2.75, 3.05) is 32.9 Å². The molecule has 0 radical (unpaired) electrons. The van der Waals surface area contributed by atoms with E-state index in [0.717, 1.165) is 6.54 Å². The molecule has 1 fully saturated rings. The number of aliphatic hydroxyl groups is 1. The number of ether oxygens (including phenoxy) is 1. The molecule has 1 saturated heterocycles. The fourth-order valence-corrected chi connectivity index (χ4v) is 1.70. The van der Waals surface area contributed by atoms with E-state index in [-0.39, 0.29) is 24.5 Å². The lowest BCUT2D eigenvalue weighted by Crippen LogP contribution is -2.44. The number of nitrogens with one attached hydrogen (secondary N) is 2. The van der Waals surface area contributed by atoms with Crippen LogP contribution < -0.4 is 10.6 Å². The Kier molecular flexibility index (Phi) is 5.60. The lowest BCUT2D eigenvalue weighted by Gasteiger charge is -2.17. The van der Waals surface area contributed by atoms with Crippen molar-refractivity contribution in [3.63, 3.8) is 0 Å². The van der Waals surface area contributed by atoms with E-state index in [1.54, 1.807) is 0 Å². The molecule has 88 valence electrons. The summed E-state index contributed by atoms with van der Waals surface area (Å²) in [5.74, 6) is -0.0736. The Hall–Kier alpha value is -0.650. The van der Waals surface area contributed by atoms with Gasteiger partial charge in [0.25, 0.3) is 0 Å². The van der Waals surface area contributed by atoms with E-state index in [2.05, 4.69) is 10.6 Å². The Morgan fingerprint density at radius 2 is 2.33 bits per heavy atom. The first-order valence-corrected chi connectivity index (χ1v) is 5.49. The normalized spacial score (nSPS) is 25.5. The summed E-state index contributed by atoms with van der Waals surface area (Å²) in [5, 5.41) is 14.6. The molecule has 3 N–H and O–H groups in total. The summed E-state index contributed by atoms with van der Waals surface area (Å²) in [6.45, 7) is 4.59. The predicted molar refractivity (Wildman–Crippen MR) is 56.5 cm³/mol. The van der Waals surface area contributed by atoms with Crippen LogP contribution in [0.2, 0.25) is 0 Å². The third-order valence-electron chi connectivity index (χ3n) is 2.52. The van der Waals surface area contributed by atoms with E-state index in [1.807, 2.05) is 6.92 Å². The summed E-state index contributed by atoms with van der Waals surface area (Å²) < 4.78 is 5.28. The van der Waals surface area contributed by atoms with Crippen LogP contribution >= 0.6 is 0 Å². The minimum absolute atomic E-state index is 0.0203. The minimum Gasteiger partial charge on any atom is -0.396 e. The van der Waals surface area contributed by atoms with Gasteiger partial charge in [0.2, 0.25) is 5.91 Å². The molecule has 0 bridgehead atoms. The Morgan fingerprint density at radius 3 is 3.00 bits per heavy atom. The van der Waals surface area contributed by atoms with Crippen molar-refractivity contribution in [2.24, 2.45) is 5.92 Å². The molecule has 0 aromatic rings. The van der Waals surface area contributed by atoms with Crippen molar-refractivity contribution < 1.29 is 14.6 Å². The molecule has 1 aliphatic heterocycles. The molecule has 0 spiro atoms. The molecule has 2 atom stereocenters. The zero-order chi connectivity index (χ0) is 11.1. The molecule has 1 rings (SSSR count). The molecule has 0 aromatic heterocycles. The molecule has 2 unspecified atom stereocenters. The summed E-state index contributed by atoms with van der Waals surface area (Å²) in [4.78, 5) is 11.7. The first kappa shape index (κ1) is 12.4. The van der Waals surface area contributed by atoms with Gasteiger partial charge in [-0.05, 0) is 13.0 Å². The fourth-order valence-electron chi connectivity index (χ4n) is 1.70. The molecule has 1 aliphatic rings. The quantitative estimate of drug-likeness (QED) is 0.504. The maximum atomic E-state index is 11.7. The van der Waals surface area contributed by atoms with Crippen LogP contribution in [0.1, 0.15) is 13.3 Å². The topological polar surface area (TPSA) is 70.6 Å². The number of hydrogen-bond acceptors (Lipinski definition) is 4. The third kappa shape index (κ3) is 3.77.